The summed E-state index contributed by atoms with van der Waals surface area (Å²) in [6.45, 7) is 2.29. The van der Waals surface area contributed by atoms with Gasteiger partial charge in [-0.1, -0.05) is 13.3 Å². The van der Waals surface area contributed by atoms with Crippen molar-refractivity contribution in [3.05, 3.63) is 0 Å². The van der Waals surface area contributed by atoms with Crippen LogP contribution in [-0.2, 0) is 0 Å². The van der Waals surface area contributed by atoms with E-state index in [0.29, 0.717) is 0 Å². The molecule has 0 unspecified atom stereocenters. The van der Waals surface area contributed by atoms with E-state index in [4.69, 9.17) is 0 Å². The monoisotopic (exact) mass is 312 g/mol. The highest BCUT2D eigenvalue weighted by atomic mass is 32.2. The average molecular weight is 313 g/mol. The summed E-state index contributed by atoms with van der Waals surface area (Å²) in [7, 11) is 0. The Kier molecular flexibility index (Phi) is 5.70. The zero-order valence-corrected chi connectivity index (χ0v) is 14.9. The lowest BCUT2D eigenvalue weighted by molar-refractivity contribution is 0.0383. The normalized spacial score (nSPS) is 38.5. The summed E-state index contributed by atoms with van der Waals surface area (Å²) in [6.07, 6.45) is 15.2. The molecule has 4 aliphatic carbocycles. The molecule has 20 heavy (non-hydrogen) atoms. The molecule has 0 aromatic carbocycles. The van der Waals surface area contributed by atoms with Crippen LogP contribution in [0.2, 0.25) is 0 Å². The van der Waals surface area contributed by atoms with Crippen LogP contribution in [0.4, 0.5) is 0 Å². The summed E-state index contributed by atoms with van der Waals surface area (Å²) >= 11 is 4.57. The molecule has 0 saturated heterocycles. The molecule has 0 heterocycles. The third-order valence-electron chi connectivity index (χ3n) is 5.72. The van der Waals surface area contributed by atoms with Gasteiger partial charge in [-0.15, -0.1) is 0 Å². The second kappa shape index (κ2) is 7.31. The number of hydrogen-bond acceptors (Lipinski definition) is 2. The molecule has 0 nitrogen and oxygen atoms in total. The molecule has 116 valence electrons. The first-order chi connectivity index (χ1) is 9.80. The van der Waals surface area contributed by atoms with Crippen LogP contribution in [0, 0.1) is 17.8 Å². The third-order valence-corrected chi connectivity index (χ3v) is 8.48. The summed E-state index contributed by atoms with van der Waals surface area (Å²) < 4.78 is 0.754. The van der Waals surface area contributed by atoms with Gasteiger partial charge in [-0.3, -0.25) is 0 Å². The Morgan fingerprint density at radius 3 is 1.95 bits per heavy atom. The predicted octanol–water partition coefficient (Wildman–Crippen LogP) is 6.00. The van der Waals surface area contributed by atoms with Gasteiger partial charge in [0, 0.05) is 4.75 Å². The molecular formula is C18H32S2. The maximum atomic E-state index is 2.39. The van der Waals surface area contributed by atoms with Gasteiger partial charge in [0.2, 0.25) is 0 Å². The van der Waals surface area contributed by atoms with E-state index in [2.05, 4.69) is 30.4 Å². The fourth-order valence-corrected chi connectivity index (χ4v) is 8.10. The predicted molar refractivity (Wildman–Crippen MR) is 94.8 cm³/mol. The van der Waals surface area contributed by atoms with Crippen LogP contribution >= 0.6 is 23.5 Å². The van der Waals surface area contributed by atoms with E-state index >= 15 is 0 Å². The van der Waals surface area contributed by atoms with E-state index in [1.165, 1.54) is 42.9 Å². The summed E-state index contributed by atoms with van der Waals surface area (Å²) in [5.74, 6) is 7.61. The van der Waals surface area contributed by atoms with Crippen molar-refractivity contribution in [2.75, 3.05) is 17.3 Å². The fourth-order valence-electron chi connectivity index (χ4n) is 5.15. The molecule has 0 spiro atoms. The van der Waals surface area contributed by atoms with Gasteiger partial charge in [0.15, 0.2) is 0 Å². The molecule has 0 radical (unpaired) electrons. The van der Waals surface area contributed by atoms with Gasteiger partial charge in [0.25, 0.3) is 0 Å². The Balaban J connectivity index is 1.31. The van der Waals surface area contributed by atoms with Crippen LogP contribution in [-0.4, -0.2) is 22.0 Å². The second-order valence-corrected chi connectivity index (χ2v) is 10.4. The highest BCUT2D eigenvalue weighted by molar-refractivity contribution is 8.00. The lowest BCUT2D eigenvalue weighted by atomic mass is 9.56. The van der Waals surface area contributed by atoms with Gasteiger partial charge in [0.05, 0.1) is 0 Å². The third kappa shape index (κ3) is 3.91. The van der Waals surface area contributed by atoms with Gasteiger partial charge in [-0.2, -0.15) is 23.5 Å². The second-order valence-electron chi connectivity index (χ2n) is 7.62. The molecule has 0 aromatic rings. The average Bonchev–Trinajstić information content (AvgIpc) is 2.40. The minimum absolute atomic E-state index is 0.754. The van der Waals surface area contributed by atoms with Crippen molar-refractivity contribution in [2.45, 2.75) is 75.9 Å². The summed E-state index contributed by atoms with van der Waals surface area (Å²) in [5, 5.41) is 0. The van der Waals surface area contributed by atoms with Crippen molar-refractivity contribution >= 4 is 23.5 Å². The highest BCUT2D eigenvalue weighted by Gasteiger charge is 2.50. The van der Waals surface area contributed by atoms with E-state index < -0.39 is 0 Å². The van der Waals surface area contributed by atoms with E-state index in [0.717, 1.165) is 22.5 Å². The zero-order chi connectivity index (χ0) is 13.8. The zero-order valence-electron chi connectivity index (χ0n) is 13.2. The van der Waals surface area contributed by atoms with Crippen LogP contribution in [0.3, 0.4) is 0 Å². The van der Waals surface area contributed by atoms with Gasteiger partial charge in [-0.25, -0.2) is 0 Å². The number of thioether (sulfide) groups is 2. The minimum Gasteiger partial charge on any atom is -0.162 e. The molecule has 0 aliphatic heterocycles. The van der Waals surface area contributed by atoms with Crippen LogP contribution in [0.1, 0.15) is 71.1 Å². The lowest BCUT2D eigenvalue weighted by Crippen LogP contribution is -2.48. The number of hydrogen-bond donors (Lipinski definition) is 0. The Hall–Kier alpha value is 0.700. The van der Waals surface area contributed by atoms with Crippen LogP contribution in [0.15, 0.2) is 0 Å². The molecule has 0 N–H and O–H groups in total. The van der Waals surface area contributed by atoms with Gasteiger partial charge >= 0.3 is 0 Å². The molecule has 4 rings (SSSR count). The van der Waals surface area contributed by atoms with E-state index in [1.54, 1.807) is 38.5 Å². The van der Waals surface area contributed by atoms with E-state index in [1.807, 2.05) is 0 Å². The first-order valence-corrected chi connectivity index (χ1v) is 11.2. The summed E-state index contributed by atoms with van der Waals surface area (Å²) in [6, 6.07) is 0. The molecule has 2 heteroatoms. The van der Waals surface area contributed by atoms with Gasteiger partial charge in [0.1, 0.15) is 0 Å². The molecule has 4 fully saturated rings. The van der Waals surface area contributed by atoms with Gasteiger partial charge < -0.3 is 0 Å². The van der Waals surface area contributed by atoms with E-state index in [9.17, 15) is 0 Å². The fraction of sp³-hybridized carbons (Fsp3) is 1.00. The van der Waals surface area contributed by atoms with E-state index in [-0.39, 0.29) is 0 Å². The maximum Gasteiger partial charge on any atom is 0.0168 e. The van der Waals surface area contributed by atoms with Crippen molar-refractivity contribution in [1.29, 1.82) is 0 Å². The van der Waals surface area contributed by atoms with Crippen molar-refractivity contribution < 1.29 is 0 Å². The maximum absolute atomic E-state index is 2.39. The van der Waals surface area contributed by atoms with Crippen molar-refractivity contribution in [3.63, 3.8) is 0 Å². The minimum atomic E-state index is 0.754. The molecule has 0 aromatic heterocycles. The number of unbranched alkanes of at least 4 members (excludes halogenated alkanes) is 2. The number of rotatable bonds is 9. The first-order valence-electron chi connectivity index (χ1n) is 9.01. The topological polar surface area (TPSA) is 0 Å². The smallest absolute Gasteiger partial charge is 0.0168 e. The largest absolute Gasteiger partial charge is 0.162 e. The van der Waals surface area contributed by atoms with Crippen molar-refractivity contribution in [2.24, 2.45) is 17.8 Å². The van der Waals surface area contributed by atoms with Gasteiger partial charge in [-0.05, 0) is 92.8 Å². The first kappa shape index (κ1) is 15.6. The quantitative estimate of drug-likeness (QED) is 0.479. The van der Waals surface area contributed by atoms with Crippen LogP contribution in [0.5, 0.6) is 0 Å². The molecule has 4 saturated carbocycles. The molecule has 4 aliphatic rings. The van der Waals surface area contributed by atoms with Crippen LogP contribution < -0.4 is 0 Å². The molecular weight excluding hydrogens is 280 g/mol. The Morgan fingerprint density at radius 2 is 1.35 bits per heavy atom. The lowest BCUT2D eigenvalue weighted by Gasteiger charge is -2.56. The Labute approximate surface area is 134 Å². The molecule has 0 amide bonds. The van der Waals surface area contributed by atoms with Crippen molar-refractivity contribution in [3.8, 4) is 0 Å². The Bertz CT molecular complexity index is 265. The SMILES string of the molecule is CCCCSCCCCSC12CC3CC(CC(C3)C1)C2. The standard InChI is InChI=1S/C18H32S2/c1-2-3-6-19-7-4-5-8-20-18-12-15-9-16(13-18)11-17(10-15)14-18/h15-17H,2-14H2,1H3. The summed E-state index contributed by atoms with van der Waals surface area (Å²) in [5.41, 5.74) is 0. The van der Waals surface area contributed by atoms with Crippen LogP contribution in [0.25, 0.3) is 0 Å². The Morgan fingerprint density at radius 1 is 0.800 bits per heavy atom. The molecule has 0 atom stereocenters. The molecule has 4 bridgehead atoms. The van der Waals surface area contributed by atoms with Crippen molar-refractivity contribution in [1.82, 2.24) is 0 Å². The highest BCUT2D eigenvalue weighted by Crippen LogP contribution is 2.60. The summed E-state index contributed by atoms with van der Waals surface area (Å²) in [4.78, 5) is 0.